The van der Waals surface area contributed by atoms with E-state index < -0.39 is 18.2 Å². The predicted octanol–water partition coefficient (Wildman–Crippen LogP) is 2.28. The van der Waals surface area contributed by atoms with Gasteiger partial charge in [0.15, 0.2) is 6.29 Å². The Morgan fingerprint density at radius 3 is 2.75 bits per heavy atom. The van der Waals surface area contributed by atoms with Gasteiger partial charge in [0.1, 0.15) is 5.82 Å². The van der Waals surface area contributed by atoms with E-state index in [2.05, 4.69) is 0 Å². The lowest BCUT2D eigenvalue weighted by atomic mass is 10.1. The quantitative estimate of drug-likeness (QED) is 0.889. The Morgan fingerprint density at radius 2 is 2.12 bits per heavy atom. The molecule has 0 aliphatic carbocycles. The molecular weight excluding hydrogens is 235 g/mol. The molecule has 1 fully saturated rings. The van der Waals surface area contributed by atoms with Gasteiger partial charge in [-0.05, 0) is 12.1 Å². The Kier molecular flexibility index (Phi) is 3.76. The zero-order chi connectivity index (χ0) is 11.5. The number of hydrogen-bond donors (Lipinski definition) is 1. The molecule has 1 atom stereocenters. The van der Waals surface area contributed by atoms with Crippen molar-refractivity contribution >= 4 is 11.6 Å². The zero-order valence-electron chi connectivity index (χ0n) is 8.53. The van der Waals surface area contributed by atoms with Crippen LogP contribution in [0.25, 0.3) is 0 Å². The van der Waals surface area contributed by atoms with Crippen LogP contribution in [0.4, 0.5) is 4.39 Å². The first-order valence-corrected chi connectivity index (χ1v) is 5.41. The van der Waals surface area contributed by atoms with Crippen LogP contribution in [0.1, 0.15) is 18.1 Å². The summed E-state index contributed by atoms with van der Waals surface area (Å²) in [5.74, 6) is -0.516. The predicted molar refractivity (Wildman–Crippen MR) is 56.7 cm³/mol. The Bertz CT molecular complexity index is 366. The maximum absolute atomic E-state index is 13.4. The molecule has 3 nitrogen and oxygen atoms in total. The van der Waals surface area contributed by atoms with Crippen molar-refractivity contribution in [3.8, 4) is 0 Å². The van der Waals surface area contributed by atoms with Crippen LogP contribution in [0, 0.1) is 5.82 Å². The highest BCUT2D eigenvalue weighted by atomic mass is 35.5. The SMILES string of the molecule is OC(CC1OCCO1)c1ccc(Cl)cc1F. The van der Waals surface area contributed by atoms with E-state index in [1.54, 1.807) is 6.07 Å². The van der Waals surface area contributed by atoms with Crippen LogP contribution < -0.4 is 0 Å². The van der Waals surface area contributed by atoms with Crippen LogP contribution in [0.15, 0.2) is 18.2 Å². The third-order valence-corrected chi connectivity index (χ3v) is 2.66. The Morgan fingerprint density at radius 1 is 1.44 bits per heavy atom. The second-order valence-corrected chi connectivity index (χ2v) is 4.02. The van der Waals surface area contributed by atoms with Crippen LogP contribution in [-0.2, 0) is 9.47 Å². The van der Waals surface area contributed by atoms with Crippen molar-refractivity contribution in [3.63, 3.8) is 0 Å². The van der Waals surface area contributed by atoms with Crippen molar-refractivity contribution in [2.24, 2.45) is 0 Å². The minimum Gasteiger partial charge on any atom is -0.388 e. The summed E-state index contributed by atoms with van der Waals surface area (Å²) in [5.41, 5.74) is 0.212. The fourth-order valence-corrected chi connectivity index (χ4v) is 1.78. The highest BCUT2D eigenvalue weighted by Crippen LogP contribution is 2.26. The average molecular weight is 247 g/mol. The molecule has 1 N–H and O–H groups in total. The Balaban J connectivity index is 2.04. The van der Waals surface area contributed by atoms with Gasteiger partial charge in [0, 0.05) is 17.0 Å². The van der Waals surface area contributed by atoms with E-state index in [0.717, 1.165) is 0 Å². The van der Waals surface area contributed by atoms with Gasteiger partial charge in [-0.1, -0.05) is 17.7 Å². The zero-order valence-corrected chi connectivity index (χ0v) is 9.28. The first-order chi connectivity index (χ1) is 7.66. The molecule has 1 aromatic carbocycles. The molecule has 5 heteroatoms. The van der Waals surface area contributed by atoms with Gasteiger partial charge in [0.25, 0.3) is 0 Å². The molecule has 88 valence electrons. The molecular formula is C11H12ClFO3. The smallest absolute Gasteiger partial charge is 0.160 e. The molecule has 0 amide bonds. The average Bonchev–Trinajstić information content (AvgIpc) is 2.70. The van der Waals surface area contributed by atoms with E-state index in [9.17, 15) is 9.50 Å². The molecule has 0 spiro atoms. The van der Waals surface area contributed by atoms with Crippen molar-refractivity contribution in [1.29, 1.82) is 0 Å². The molecule has 1 aliphatic rings. The number of aliphatic hydroxyl groups is 1. The van der Waals surface area contributed by atoms with E-state index in [-0.39, 0.29) is 12.0 Å². The second-order valence-electron chi connectivity index (χ2n) is 3.59. The topological polar surface area (TPSA) is 38.7 Å². The van der Waals surface area contributed by atoms with Crippen molar-refractivity contribution in [2.45, 2.75) is 18.8 Å². The van der Waals surface area contributed by atoms with Crippen molar-refractivity contribution in [2.75, 3.05) is 13.2 Å². The summed E-state index contributed by atoms with van der Waals surface area (Å²) in [6.07, 6.45) is -1.18. The normalized spacial score (nSPS) is 18.9. The van der Waals surface area contributed by atoms with Crippen molar-refractivity contribution in [3.05, 3.63) is 34.6 Å². The highest BCUT2D eigenvalue weighted by Gasteiger charge is 2.22. The number of benzene rings is 1. The van der Waals surface area contributed by atoms with Crippen molar-refractivity contribution in [1.82, 2.24) is 0 Å². The van der Waals surface area contributed by atoms with Crippen LogP contribution in [0.2, 0.25) is 5.02 Å². The number of aliphatic hydroxyl groups excluding tert-OH is 1. The van der Waals surface area contributed by atoms with Gasteiger partial charge in [-0.15, -0.1) is 0 Å². The Hall–Kier alpha value is -0.680. The summed E-state index contributed by atoms with van der Waals surface area (Å²) in [7, 11) is 0. The fraction of sp³-hybridized carbons (Fsp3) is 0.455. The van der Waals surface area contributed by atoms with Gasteiger partial charge >= 0.3 is 0 Å². The van der Waals surface area contributed by atoms with Crippen LogP contribution >= 0.6 is 11.6 Å². The van der Waals surface area contributed by atoms with Crippen molar-refractivity contribution < 1.29 is 19.0 Å². The molecule has 0 bridgehead atoms. The first-order valence-electron chi connectivity index (χ1n) is 5.03. The summed E-state index contributed by atoms with van der Waals surface area (Å²) in [4.78, 5) is 0. The van der Waals surface area contributed by atoms with E-state index in [1.165, 1.54) is 12.1 Å². The van der Waals surface area contributed by atoms with Gasteiger partial charge in [0.05, 0.1) is 19.3 Å². The summed E-state index contributed by atoms with van der Waals surface area (Å²) < 4.78 is 23.8. The molecule has 1 heterocycles. The fourth-order valence-electron chi connectivity index (χ4n) is 1.62. The minimum absolute atomic E-state index is 0.212. The van der Waals surface area contributed by atoms with E-state index in [1.807, 2.05) is 0 Å². The van der Waals surface area contributed by atoms with Gasteiger partial charge in [-0.3, -0.25) is 0 Å². The summed E-state index contributed by atoms with van der Waals surface area (Å²) in [6.45, 7) is 1.03. The first kappa shape index (κ1) is 11.8. The van der Waals surface area contributed by atoms with Crippen LogP contribution in [0.5, 0.6) is 0 Å². The van der Waals surface area contributed by atoms with E-state index in [0.29, 0.717) is 18.2 Å². The Labute approximate surface area is 97.7 Å². The van der Waals surface area contributed by atoms with Gasteiger partial charge in [-0.25, -0.2) is 4.39 Å². The molecule has 0 aromatic heterocycles. The molecule has 0 radical (unpaired) electrons. The molecule has 1 aliphatic heterocycles. The van der Waals surface area contributed by atoms with E-state index >= 15 is 0 Å². The maximum atomic E-state index is 13.4. The standard InChI is InChI=1S/C11H12ClFO3/c12-7-1-2-8(9(13)5-7)10(14)6-11-15-3-4-16-11/h1-2,5,10-11,14H,3-4,6H2. The summed E-state index contributed by atoms with van der Waals surface area (Å²) in [5, 5.41) is 10.1. The second kappa shape index (κ2) is 5.10. The lowest BCUT2D eigenvalue weighted by Gasteiger charge is -2.15. The lowest BCUT2D eigenvalue weighted by Crippen LogP contribution is -2.14. The molecule has 0 saturated carbocycles. The number of hydrogen-bond acceptors (Lipinski definition) is 3. The molecule has 1 unspecified atom stereocenters. The maximum Gasteiger partial charge on any atom is 0.160 e. The lowest BCUT2D eigenvalue weighted by molar-refractivity contribution is -0.0711. The van der Waals surface area contributed by atoms with Gasteiger partial charge in [-0.2, -0.15) is 0 Å². The third-order valence-electron chi connectivity index (χ3n) is 2.43. The minimum atomic E-state index is -0.944. The summed E-state index contributed by atoms with van der Waals surface area (Å²) in [6, 6.07) is 4.19. The van der Waals surface area contributed by atoms with Gasteiger partial charge in [0.2, 0.25) is 0 Å². The van der Waals surface area contributed by atoms with Crippen LogP contribution in [-0.4, -0.2) is 24.6 Å². The molecule has 1 saturated heterocycles. The molecule has 16 heavy (non-hydrogen) atoms. The number of halogens is 2. The van der Waals surface area contributed by atoms with Crippen LogP contribution in [0.3, 0.4) is 0 Å². The van der Waals surface area contributed by atoms with Gasteiger partial charge < -0.3 is 14.6 Å². The highest BCUT2D eigenvalue weighted by molar-refractivity contribution is 6.30. The number of rotatable bonds is 3. The monoisotopic (exact) mass is 246 g/mol. The summed E-state index contributed by atoms with van der Waals surface area (Å²) >= 11 is 5.62. The number of ether oxygens (including phenoxy) is 2. The molecule has 1 aromatic rings. The largest absolute Gasteiger partial charge is 0.388 e. The third kappa shape index (κ3) is 2.71. The van der Waals surface area contributed by atoms with E-state index in [4.69, 9.17) is 21.1 Å². The molecule has 2 rings (SSSR count).